The van der Waals surface area contributed by atoms with Crippen molar-refractivity contribution in [3.05, 3.63) is 54.1 Å². The van der Waals surface area contributed by atoms with E-state index < -0.39 is 0 Å². The highest BCUT2D eigenvalue weighted by molar-refractivity contribution is 6.05. The maximum atomic E-state index is 12.6. The highest BCUT2D eigenvalue weighted by Gasteiger charge is 2.24. The van der Waals surface area contributed by atoms with Gasteiger partial charge >= 0.3 is 0 Å². The van der Waals surface area contributed by atoms with E-state index in [0.29, 0.717) is 35.8 Å². The molecule has 35 heavy (non-hydrogen) atoms. The maximum Gasteiger partial charge on any atom is 0.255 e. The summed E-state index contributed by atoms with van der Waals surface area (Å²) >= 11 is 0. The van der Waals surface area contributed by atoms with E-state index in [4.69, 9.17) is 4.74 Å². The zero-order chi connectivity index (χ0) is 24.6. The number of piperazine rings is 1. The number of ether oxygens (including phenoxy) is 1. The molecule has 2 aromatic carbocycles. The lowest BCUT2D eigenvalue weighted by atomic mass is 10.2. The normalized spacial score (nSPS) is 16.7. The Morgan fingerprint density at radius 1 is 0.800 bits per heavy atom. The Balaban J connectivity index is 1.20. The summed E-state index contributed by atoms with van der Waals surface area (Å²) in [6.45, 7) is 5.59. The first-order valence-corrected chi connectivity index (χ1v) is 12.1. The lowest BCUT2D eigenvalue weighted by molar-refractivity contribution is -0.132. The molecule has 2 aromatic rings. The number of hydrogen-bond donors (Lipinski definition) is 2. The van der Waals surface area contributed by atoms with Crippen LogP contribution in [0.2, 0.25) is 0 Å². The molecule has 2 fully saturated rings. The van der Waals surface area contributed by atoms with Gasteiger partial charge in [-0.1, -0.05) is 12.1 Å². The first-order chi connectivity index (χ1) is 17.0. The molecule has 9 nitrogen and oxygen atoms in total. The molecule has 2 aliphatic heterocycles. The molecule has 0 atom stereocenters. The van der Waals surface area contributed by atoms with Crippen molar-refractivity contribution >= 4 is 29.1 Å². The highest BCUT2D eigenvalue weighted by Crippen LogP contribution is 2.24. The van der Waals surface area contributed by atoms with E-state index in [1.165, 1.54) is 0 Å². The molecule has 2 N–H and O–H groups in total. The molecule has 9 heteroatoms. The summed E-state index contributed by atoms with van der Waals surface area (Å²) in [5.74, 6) is 0.448. The van der Waals surface area contributed by atoms with Crippen LogP contribution >= 0.6 is 0 Å². The Morgan fingerprint density at radius 3 is 2.09 bits per heavy atom. The fraction of sp³-hybridized carbons (Fsp3) is 0.423. The second-order valence-corrected chi connectivity index (χ2v) is 8.92. The third kappa shape index (κ3) is 6.80. The van der Waals surface area contributed by atoms with Crippen LogP contribution in [0.3, 0.4) is 0 Å². The standard InChI is InChI=1S/C26H33N5O4/c1-35-23-7-3-2-6-22(23)28-26(34)20-8-10-21(11-9-20)27-24(32)18-29-14-16-30(17-15-29)19-25(33)31-12-4-5-13-31/h2-3,6-11H,4-5,12-19H2,1H3,(H,27,32)(H,28,34). The van der Waals surface area contributed by atoms with Crippen molar-refractivity contribution in [2.24, 2.45) is 0 Å². The van der Waals surface area contributed by atoms with Gasteiger partial charge < -0.3 is 20.3 Å². The van der Waals surface area contributed by atoms with Crippen LogP contribution < -0.4 is 15.4 Å². The number of hydrogen-bond acceptors (Lipinski definition) is 6. The molecule has 0 radical (unpaired) electrons. The lowest BCUT2D eigenvalue weighted by Crippen LogP contribution is -2.51. The number of nitrogens with one attached hydrogen (secondary N) is 2. The van der Waals surface area contributed by atoms with Gasteiger partial charge in [-0.25, -0.2) is 0 Å². The molecule has 0 unspecified atom stereocenters. The topological polar surface area (TPSA) is 94.2 Å². The predicted molar refractivity (Wildman–Crippen MR) is 135 cm³/mol. The van der Waals surface area contributed by atoms with Crippen molar-refractivity contribution in [1.29, 1.82) is 0 Å². The Morgan fingerprint density at radius 2 is 1.43 bits per heavy atom. The first-order valence-electron chi connectivity index (χ1n) is 12.1. The lowest BCUT2D eigenvalue weighted by Gasteiger charge is -2.34. The fourth-order valence-electron chi connectivity index (χ4n) is 4.41. The van der Waals surface area contributed by atoms with Gasteiger partial charge in [0.25, 0.3) is 5.91 Å². The van der Waals surface area contributed by atoms with Crippen LogP contribution in [0.1, 0.15) is 23.2 Å². The van der Waals surface area contributed by atoms with Crippen LogP contribution in [-0.2, 0) is 9.59 Å². The number of likely N-dealkylation sites (tertiary alicyclic amines) is 1. The molecular formula is C26H33N5O4. The summed E-state index contributed by atoms with van der Waals surface area (Å²) in [4.78, 5) is 43.6. The molecule has 3 amide bonds. The van der Waals surface area contributed by atoms with Crippen LogP contribution in [0.25, 0.3) is 0 Å². The van der Waals surface area contributed by atoms with E-state index in [1.807, 2.05) is 17.0 Å². The summed E-state index contributed by atoms with van der Waals surface area (Å²) in [6.07, 6.45) is 2.21. The molecule has 186 valence electrons. The Kier molecular flexibility index (Phi) is 8.33. The number of methoxy groups -OCH3 is 1. The van der Waals surface area contributed by atoms with E-state index in [9.17, 15) is 14.4 Å². The molecule has 0 aromatic heterocycles. The number of benzene rings is 2. The van der Waals surface area contributed by atoms with E-state index >= 15 is 0 Å². The summed E-state index contributed by atoms with van der Waals surface area (Å²) in [5, 5.41) is 5.73. The number of anilines is 2. The Bertz CT molecular complexity index is 1030. The largest absolute Gasteiger partial charge is 0.495 e. The van der Waals surface area contributed by atoms with Crippen LogP contribution in [0, 0.1) is 0 Å². The van der Waals surface area contributed by atoms with Crippen molar-refractivity contribution in [3.63, 3.8) is 0 Å². The van der Waals surface area contributed by atoms with Crippen LogP contribution in [-0.4, -0.2) is 91.9 Å². The van der Waals surface area contributed by atoms with Crippen molar-refractivity contribution in [2.75, 3.05) is 70.1 Å². The minimum absolute atomic E-state index is 0.0992. The number of carbonyl (C=O) groups excluding carboxylic acids is 3. The number of carbonyl (C=O) groups is 3. The molecule has 2 aliphatic rings. The number of para-hydroxylation sites is 2. The Hall–Kier alpha value is -3.43. The van der Waals surface area contributed by atoms with Gasteiger partial charge in [0.15, 0.2) is 0 Å². The van der Waals surface area contributed by atoms with Gasteiger partial charge in [0, 0.05) is 50.5 Å². The van der Waals surface area contributed by atoms with Crippen LogP contribution in [0.5, 0.6) is 5.75 Å². The molecule has 2 heterocycles. The van der Waals surface area contributed by atoms with Gasteiger partial charge in [-0.3, -0.25) is 24.2 Å². The van der Waals surface area contributed by atoms with E-state index in [1.54, 1.807) is 43.5 Å². The van der Waals surface area contributed by atoms with Gasteiger partial charge in [0.1, 0.15) is 5.75 Å². The van der Waals surface area contributed by atoms with Crippen molar-refractivity contribution in [1.82, 2.24) is 14.7 Å². The summed E-state index contributed by atoms with van der Waals surface area (Å²) < 4.78 is 5.27. The minimum Gasteiger partial charge on any atom is -0.495 e. The SMILES string of the molecule is COc1ccccc1NC(=O)c1ccc(NC(=O)CN2CCN(CC(=O)N3CCCC3)CC2)cc1. The number of nitrogens with zero attached hydrogens (tertiary/aromatic N) is 3. The average molecular weight is 480 g/mol. The van der Waals surface area contributed by atoms with E-state index in [0.717, 1.165) is 52.1 Å². The van der Waals surface area contributed by atoms with Crippen molar-refractivity contribution in [3.8, 4) is 5.75 Å². The quantitative estimate of drug-likeness (QED) is 0.603. The second-order valence-electron chi connectivity index (χ2n) is 8.92. The van der Waals surface area contributed by atoms with Gasteiger partial charge in [0.2, 0.25) is 11.8 Å². The van der Waals surface area contributed by atoms with Gasteiger partial charge in [-0.05, 0) is 49.2 Å². The maximum absolute atomic E-state index is 12.6. The zero-order valence-corrected chi connectivity index (χ0v) is 20.2. The van der Waals surface area contributed by atoms with E-state index in [2.05, 4.69) is 20.4 Å². The molecule has 2 saturated heterocycles. The van der Waals surface area contributed by atoms with Gasteiger partial charge in [-0.2, -0.15) is 0 Å². The van der Waals surface area contributed by atoms with Gasteiger partial charge in [0.05, 0.1) is 25.9 Å². The van der Waals surface area contributed by atoms with Crippen LogP contribution in [0.15, 0.2) is 48.5 Å². The van der Waals surface area contributed by atoms with E-state index in [-0.39, 0.29) is 17.7 Å². The summed E-state index contributed by atoms with van der Waals surface area (Å²) in [6, 6.07) is 14.0. The summed E-state index contributed by atoms with van der Waals surface area (Å²) in [7, 11) is 1.55. The van der Waals surface area contributed by atoms with Gasteiger partial charge in [-0.15, -0.1) is 0 Å². The summed E-state index contributed by atoms with van der Waals surface area (Å²) in [5.41, 5.74) is 1.71. The third-order valence-corrected chi connectivity index (χ3v) is 6.44. The molecule has 0 aliphatic carbocycles. The first kappa shape index (κ1) is 24.7. The monoisotopic (exact) mass is 479 g/mol. The van der Waals surface area contributed by atoms with Crippen molar-refractivity contribution in [2.45, 2.75) is 12.8 Å². The minimum atomic E-state index is -0.256. The molecule has 4 rings (SSSR count). The zero-order valence-electron chi connectivity index (χ0n) is 20.2. The third-order valence-electron chi connectivity index (χ3n) is 6.44. The van der Waals surface area contributed by atoms with Crippen molar-refractivity contribution < 1.29 is 19.1 Å². The second kappa shape index (κ2) is 11.8. The average Bonchev–Trinajstić information content (AvgIpc) is 3.41. The smallest absolute Gasteiger partial charge is 0.255 e. The predicted octanol–water partition coefficient (Wildman–Crippen LogP) is 2.13. The molecule has 0 bridgehead atoms. The molecule has 0 spiro atoms. The fourth-order valence-corrected chi connectivity index (χ4v) is 4.41. The highest BCUT2D eigenvalue weighted by atomic mass is 16.5. The molecular weight excluding hydrogens is 446 g/mol. The molecule has 0 saturated carbocycles. The van der Waals surface area contributed by atoms with Crippen LogP contribution in [0.4, 0.5) is 11.4 Å². The Labute approximate surface area is 206 Å². The number of amides is 3. The number of rotatable bonds is 8.